The normalized spacial score (nSPS) is 25.2. The number of likely N-dealkylation sites (tertiary alicyclic amines) is 2. The third-order valence-electron chi connectivity index (χ3n) is 4.41. The first kappa shape index (κ1) is 15.8. The van der Waals surface area contributed by atoms with E-state index in [4.69, 9.17) is 0 Å². The summed E-state index contributed by atoms with van der Waals surface area (Å²) in [6.45, 7) is 3.24. The number of likely N-dealkylation sites (N-methyl/N-ethyl adjacent to an activating group) is 1. The van der Waals surface area contributed by atoms with E-state index in [9.17, 15) is 14.4 Å². The van der Waals surface area contributed by atoms with Gasteiger partial charge in [-0.05, 0) is 32.1 Å². The van der Waals surface area contributed by atoms with Crippen LogP contribution in [-0.2, 0) is 14.4 Å². The number of hydrogen-bond acceptors (Lipinski definition) is 3. The molecule has 2 fully saturated rings. The van der Waals surface area contributed by atoms with Crippen molar-refractivity contribution in [3.05, 3.63) is 0 Å². The maximum Gasteiger partial charge on any atom is 0.246 e. The predicted molar refractivity (Wildman–Crippen MR) is 78.4 cm³/mol. The minimum absolute atomic E-state index is 0.0527. The standard InChI is InChI=1S/C15H25N3O3/c1-3-6-13(19)17-9-5-8-12(17)15(21)18-10-4-7-11(18)14(20)16-2/h11-12H,3-10H2,1-2H3,(H,16,20)/t11?,12-/m0/s1. The quantitative estimate of drug-likeness (QED) is 0.822. The topological polar surface area (TPSA) is 69.7 Å². The molecule has 2 rings (SSSR count). The van der Waals surface area contributed by atoms with E-state index in [0.717, 1.165) is 19.3 Å². The summed E-state index contributed by atoms with van der Waals surface area (Å²) < 4.78 is 0. The molecular formula is C15H25N3O3. The highest BCUT2D eigenvalue weighted by atomic mass is 16.2. The van der Waals surface area contributed by atoms with Gasteiger partial charge < -0.3 is 15.1 Å². The van der Waals surface area contributed by atoms with Crippen molar-refractivity contribution in [2.45, 2.75) is 57.5 Å². The van der Waals surface area contributed by atoms with Gasteiger partial charge in [0, 0.05) is 26.6 Å². The van der Waals surface area contributed by atoms with Gasteiger partial charge in [-0.2, -0.15) is 0 Å². The first-order valence-corrected chi connectivity index (χ1v) is 7.91. The van der Waals surface area contributed by atoms with Gasteiger partial charge >= 0.3 is 0 Å². The van der Waals surface area contributed by atoms with E-state index >= 15 is 0 Å². The fourth-order valence-corrected chi connectivity index (χ4v) is 3.34. The maximum atomic E-state index is 12.7. The number of nitrogens with one attached hydrogen (secondary N) is 1. The Morgan fingerprint density at radius 2 is 1.67 bits per heavy atom. The molecule has 0 aliphatic carbocycles. The van der Waals surface area contributed by atoms with Crippen LogP contribution in [0.3, 0.4) is 0 Å². The van der Waals surface area contributed by atoms with Crippen LogP contribution in [-0.4, -0.2) is 59.7 Å². The second-order valence-corrected chi connectivity index (χ2v) is 5.80. The minimum Gasteiger partial charge on any atom is -0.357 e. The monoisotopic (exact) mass is 295 g/mol. The molecule has 21 heavy (non-hydrogen) atoms. The number of amides is 3. The average molecular weight is 295 g/mol. The minimum atomic E-state index is -0.369. The Hall–Kier alpha value is -1.59. The van der Waals surface area contributed by atoms with Gasteiger partial charge in [0.25, 0.3) is 0 Å². The molecule has 2 aliphatic heterocycles. The van der Waals surface area contributed by atoms with Crippen LogP contribution in [0.5, 0.6) is 0 Å². The second kappa shape index (κ2) is 6.91. The summed E-state index contributed by atoms with van der Waals surface area (Å²) in [6.07, 6.45) is 4.42. The molecule has 0 spiro atoms. The molecule has 2 saturated heterocycles. The lowest BCUT2D eigenvalue weighted by Gasteiger charge is -2.30. The SMILES string of the molecule is CCCC(=O)N1CCC[C@H]1C(=O)N1CCCC1C(=O)NC. The largest absolute Gasteiger partial charge is 0.357 e. The molecule has 1 N–H and O–H groups in total. The zero-order valence-corrected chi connectivity index (χ0v) is 12.9. The molecule has 6 heteroatoms. The number of nitrogens with zero attached hydrogens (tertiary/aromatic N) is 2. The predicted octanol–water partition coefficient (Wildman–Crippen LogP) is 0.515. The van der Waals surface area contributed by atoms with Gasteiger partial charge in [0.1, 0.15) is 12.1 Å². The van der Waals surface area contributed by atoms with Crippen molar-refractivity contribution in [1.29, 1.82) is 0 Å². The van der Waals surface area contributed by atoms with E-state index in [0.29, 0.717) is 32.4 Å². The zero-order chi connectivity index (χ0) is 15.4. The van der Waals surface area contributed by atoms with Crippen molar-refractivity contribution in [1.82, 2.24) is 15.1 Å². The van der Waals surface area contributed by atoms with Gasteiger partial charge in [0.2, 0.25) is 17.7 Å². The first-order valence-electron chi connectivity index (χ1n) is 7.91. The number of carbonyl (C=O) groups is 3. The summed E-state index contributed by atoms with van der Waals surface area (Å²) in [4.78, 5) is 40.1. The van der Waals surface area contributed by atoms with Crippen molar-refractivity contribution in [2.24, 2.45) is 0 Å². The number of rotatable bonds is 4. The average Bonchev–Trinajstić information content (AvgIpc) is 3.14. The molecule has 2 aliphatic rings. The van der Waals surface area contributed by atoms with E-state index in [1.54, 1.807) is 16.8 Å². The molecule has 0 bridgehead atoms. The fraction of sp³-hybridized carbons (Fsp3) is 0.800. The van der Waals surface area contributed by atoms with E-state index in [1.807, 2.05) is 6.92 Å². The zero-order valence-electron chi connectivity index (χ0n) is 12.9. The van der Waals surface area contributed by atoms with Crippen LogP contribution in [0.2, 0.25) is 0 Å². The van der Waals surface area contributed by atoms with Crippen LogP contribution < -0.4 is 5.32 Å². The summed E-state index contributed by atoms with van der Waals surface area (Å²) in [7, 11) is 1.59. The highest BCUT2D eigenvalue weighted by Crippen LogP contribution is 2.25. The molecule has 1 unspecified atom stereocenters. The smallest absolute Gasteiger partial charge is 0.246 e. The summed E-state index contributed by atoms with van der Waals surface area (Å²) in [5, 5.41) is 2.62. The molecule has 3 amide bonds. The van der Waals surface area contributed by atoms with Crippen molar-refractivity contribution in [3.8, 4) is 0 Å². The van der Waals surface area contributed by atoms with Gasteiger partial charge in [-0.25, -0.2) is 0 Å². The van der Waals surface area contributed by atoms with Crippen LogP contribution in [0.25, 0.3) is 0 Å². The molecule has 118 valence electrons. The highest BCUT2D eigenvalue weighted by molar-refractivity contribution is 5.92. The number of carbonyl (C=O) groups excluding carboxylic acids is 3. The fourth-order valence-electron chi connectivity index (χ4n) is 3.34. The molecule has 0 radical (unpaired) electrons. The van der Waals surface area contributed by atoms with Gasteiger partial charge in [-0.3, -0.25) is 14.4 Å². The van der Waals surface area contributed by atoms with Crippen molar-refractivity contribution < 1.29 is 14.4 Å². The highest BCUT2D eigenvalue weighted by Gasteiger charge is 2.41. The summed E-state index contributed by atoms with van der Waals surface area (Å²) >= 11 is 0. The lowest BCUT2D eigenvalue weighted by atomic mass is 10.1. The molecule has 0 aromatic rings. The summed E-state index contributed by atoms with van der Waals surface area (Å²) in [5.74, 6) is -0.0997. The molecule has 2 heterocycles. The Labute approximate surface area is 125 Å². The van der Waals surface area contributed by atoms with Gasteiger partial charge in [0.05, 0.1) is 0 Å². The lowest BCUT2D eigenvalue weighted by molar-refractivity contribution is -0.146. The molecule has 0 saturated carbocycles. The third-order valence-corrected chi connectivity index (χ3v) is 4.41. The number of hydrogen-bond donors (Lipinski definition) is 1. The van der Waals surface area contributed by atoms with Crippen LogP contribution in [0.15, 0.2) is 0 Å². The molecule has 2 atom stereocenters. The lowest BCUT2D eigenvalue weighted by Crippen LogP contribution is -2.52. The Bertz CT molecular complexity index is 424. The van der Waals surface area contributed by atoms with Crippen molar-refractivity contribution in [3.63, 3.8) is 0 Å². The maximum absolute atomic E-state index is 12.7. The molecule has 0 aromatic carbocycles. The Kier molecular flexibility index (Phi) is 5.20. The van der Waals surface area contributed by atoms with Gasteiger partial charge in [0.15, 0.2) is 0 Å². The Morgan fingerprint density at radius 1 is 1.05 bits per heavy atom. The van der Waals surface area contributed by atoms with Gasteiger partial charge in [-0.1, -0.05) is 6.92 Å². The Morgan fingerprint density at radius 3 is 2.29 bits per heavy atom. The summed E-state index contributed by atoms with van der Waals surface area (Å²) in [6, 6.07) is -0.736. The molecular weight excluding hydrogens is 270 g/mol. The second-order valence-electron chi connectivity index (χ2n) is 5.80. The molecule has 6 nitrogen and oxygen atoms in total. The van der Waals surface area contributed by atoms with Crippen LogP contribution in [0.1, 0.15) is 45.4 Å². The van der Waals surface area contributed by atoms with Crippen LogP contribution in [0, 0.1) is 0 Å². The van der Waals surface area contributed by atoms with E-state index in [-0.39, 0.29) is 29.8 Å². The van der Waals surface area contributed by atoms with Crippen LogP contribution >= 0.6 is 0 Å². The van der Waals surface area contributed by atoms with Crippen molar-refractivity contribution >= 4 is 17.7 Å². The third kappa shape index (κ3) is 3.19. The summed E-state index contributed by atoms with van der Waals surface area (Å²) in [5.41, 5.74) is 0. The van der Waals surface area contributed by atoms with E-state index < -0.39 is 0 Å². The van der Waals surface area contributed by atoms with Gasteiger partial charge in [-0.15, -0.1) is 0 Å². The Balaban J connectivity index is 2.07. The first-order chi connectivity index (χ1) is 10.1. The van der Waals surface area contributed by atoms with Crippen molar-refractivity contribution in [2.75, 3.05) is 20.1 Å². The van der Waals surface area contributed by atoms with Crippen LogP contribution in [0.4, 0.5) is 0 Å². The van der Waals surface area contributed by atoms with E-state index in [2.05, 4.69) is 5.32 Å². The molecule has 0 aromatic heterocycles. The van der Waals surface area contributed by atoms with E-state index in [1.165, 1.54) is 0 Å².